The standard InChI is InChI=1S/C17H15BrN4O4/c1-3-25-15(23)12-13(19)26-14-11(7(2)21-22-14)17(12)9-6-8(18)4-5-10(9)20-16(17)24/h4-6H,3,19H2,1-2H3,(H,20,24)(H,21,22)/t17-/m0/s1. The lowest BCUT2D eigenvalue weighted by Crippen LogP contribution is -2.46. The molecule has 0 saturated carbocycles. The van der Waals surface area contributed by atoms with E-state index in [0.29, 0.717) is 22.5 Å². The van der Waals surface area contributed by atoms with Crippen LogP contribution in [0.25, 0.3) is 0 Å². The number of ether oxygens (including phenoxy) is 2. The molecule has 0 radical (unpaired) electrons. The number of hydrogen-bond donors (Lipinski definition) is 3. The molecule has 1 spiro atoms. The molecule has 1 atom stereocenters. The number of esters is 1. The molecule has 134 valence electrons. The van der Waals surface area contributed by atoms with Crippen LogP contribution in [-0.2, 0) is 19.7 Å². The van der Waals surface area contributed by atoms with Crippen LogP contribution in [0.1, 0.15) is 23.7 Å². The van der Waals surface area contributed by atoms with E-state index in [4.69, 9.17) is 15.2 Å². The summed E-state index contributed by atoms with van der Waals surface area (Å²) in [6, 6.07) is 5.34. The highest BCUT2D eigenvalue weighted by molar-refractivity contribution is 9.10. The number of nitrogens with one attached hydrogen (secondary N) is 2. The molecule has 0 unspecified atom stereocenters. The summed E-state index contributed by atoms with van der Waals surface area (Å²) >= 11 is 3.43. The third-order valence-electron chi connectivity index (χ3n) is 4.57. The average molecular weight is 419 g/mol. The van der Waals surface area contributed by atoms with Crippen molar-refractivity contribution in [3.63, 3.8) is 0 Å². The Morgan fingerprint density at radius 1 is 1.46 bits per heavy atom. The summed E-state index contributed by atoms with van der Waals surface area (Å²) in [4.78, 5) is 26.1. The number of halogens is 1. The van der Waals surface area contributed by atoms with Crippen LogP contribution < -0.4 is 15.8 Å². The fraction of sp³-hybridized carbons (Fsp3) is 0.235. The van der Waals surface area contributed by atoms with E-state index in [0.717, 1.165) is 4.47 Å². The lowest BCUT2D eigenvalue weighted by molar-refractivity contribution is -0.140. The molecular formula is C17H15BrN4O4. The van der Waals surface area contributed by atoms with Crippen LogP contribution >= 0.6 is 15.9 Å². The molecule has 26 heavy (non-hydrogen) atoms. The first kappa shape index (κ1) is 16.6. The second-order valence-electron chi connectivity index (χ2n) is 5.98. The largest absolute Gasteiger partial charge is 0.462 e. The second kappa shape index (κ2) is 5.60. The predicted octanol–water partition coefficient (Wildman–Crippen LogP) is 1.84. The average Bonchev–Trinajstić information content (AvgIpc) is 3.07. The number of amides is 1. The number of H-pyrrole nitrogens is 1. The van der Waals surface area contributed by atoms with Gasteiger partial charge in [-0.15, -0.1) is 5.10 Å². The molecule has 9 heteroatoms. The number of fused-ring (bicyclic) bond motifs is 4. The third-order valence-corrected chi connectivity index (χ3v) is 5.06. The number of aryl methyl sites for hydroxylation is 1. The summed E-state index contributed by atoms with van der Waals surface area (Å²) in [5, 5.41) is 9.73. The molecule has 1 amide bonds. The summed E-state index contributed by atoms with van der Waals surface area (Å²) in [7, 11) is 0. The molecule has 3 heterocycles. The Morgan fingerprint density at radius 2 is 2.23 bits per heavy atom. The zero-order valence-electron chi connectivity index (χ0n) is 14.0. The fourth-order valence-corrected chi connectivity index (χ4v) is 3.98. The van der Waals surface area contributed by atoms with Crippen molar-refractivity contribution in [3.8, 4) is 5.88 Å². The van der Waals surface area contributed by atoms with Crippen molar-refractivity contribution in [2.24, 2.45) is 5.73 Å². The molecule has 0 aliphatic carbocycles. The molecule has 2 aromatic rings. The van der Waals surface area contributed by atoms with Crippen LogP contribution in [0.15, 0.2) is 34.1 Å². The van der Waals surface area contributed by atoms with E-state index >= 15 is 0 Å². The minimum atomic E-state index is -1.50. The van der Waals surface area contributed by atoms with E-state index in [-0.39, 0.29) is 23.9 Å². The van der Waals surface area contributed by atoms with Gasteiger partial charge in [0.25, 0.3) is 0 Å². The molecular weight excluding hydrogens is 404 g/mol. The van der Waals surface area contributed by atoms with Crippen molar-refractivity contribution in [3.05, 3.63) is 50.9 Å². The highest BCUT2D eigenvalue weighted by atomic mass is 79.9. The topological polar surface area (TPSA) is 119 Å². The number of carbonyl (C=O) groups excluding carboxylic acids is 2. The normalized spacial score (nSPS) is 20.5. The number of carbonyl (C=O) groups is 2. The van der Waals surface area contributed by atoms with Gasteiger partial charge in [-0.2, -0.15) is 0 Å². The summed E-state index contributed by atoms with van der Waals surface area (Å²) < 4.78 is 11.5. The minimum Gasteiger partial charge on any atom is -0.462 e. The van der Waals surface area contributed by atoms with Gasteiger partial charge >= 0.3 is 5.97 Å². The smallest absolute Gasteiger partial charge is 0.341 e. The Bertz CT molecular complexity index is 997. The quantitative estimate of drug-likeness (QED) is 0.640. The number of nitrogens with zero attached hydrogens (tertiary/aromatic N) is 1. The molecule has 1 aromatic heterocycles. The van der Waals surface area contributed by atoms with Gasteiger partial charge < -0.3 is 20.5 Å². The van der Waals surface area contributed by atoms with Crippen LogP contribution in [0.5, 0.6) is 5.88 Å². The van der Waals surface area contributed by atoms with Gasteiger partial charge in [-0.25, -0.2) is 4.79 Å². The van der Waals surface area contributed by atoms with Gasteiger partial charge in [0.05, 0.1) is 12.2 Å². The van der Waals surface area contributed by atoms with E-state index in [1.807, 2.05) is 0 Å². The number of nitrogens with two attached hydrogens (primary N) is 1. The van der Waals surface area contributed by atoms with Crippen LogP contribution in [0.4, 0.5) is 5.69 Å². The van der Waals surface area contributed by atoms with Gasteiger partial charge in [-0.1, -0.05) is 15.9 Å². The lowest BCUT2D eigenvalue weighted by Gasteiger charge is -2.33. The van der Waals surface area contributed by atoms with Gasteiger partial charge in [0.2, 0.25) is 17.7 Å². The van der Waals surface area contributed by atoms with Crippen LogP contribution in [0.3, 0.4) is 0 Å². The fourth-order valence-electron chi connectivity index (χ4n) is 3.61. The van der Waals surface area contributed by atoms with Crippen molar-refractivity contribution in [1.29, 1.82) is 0 Å². The maximum Gasteiger partial charge on any atom is 0.341 e. The first-order valence-corrected chi connectivity index (χ1v) is 8.72. The maximum absolute atomic E-state index is 13.3. The van der Waals surface area contributed by atoms with E-state index in [9.17, 15) is 9.59 Å². The Labute approximate surface area is 156 Å². The second-order valence-corrected chi connectivity index (χ2v) is 6.90. The van der Waals surface area contributed by atoms with Gasteiger partial charge in [0.15, 0.2) is 0 Å². The Hall–Kier alpha value is -2.81. The van der Waals surface area contributed by atoms with E-state index in [1.54, 1.807) is 32.0 Å². The molecule has 2 aliphatic rings. The van der Waals surface area contributed by atoms with Crippen molar-refractivity contribution < 1.29 is 19.1 Å². The monoisotopic (exact) mass is 418 g/mol. The van der Waals surface area contributed by atoms with Crippen molar-refractivity contribution in [1.82, 2.24) is 10.2 Å². The summed E-state index contributed by atoms with van der Waals surface area (Å²) in [6.45, 7) is 3.57. The zero-order chi connectivity index (χ0) is 18.6. The summed E-state index contributed by atoms with van der Waals surface area (Å²) in [6.07, 6.45) is 0. The Kier molecular flexibility index (Phi) is 3.58. The lowest BCUT2D eigenvalue weighted by atomic mass is 9.68. The molecule has 4 rings (SSSR count). The van der Waals surface area contributed by atoms with Crippen LogP contribution in [-0.4, -0.2) is 28.7 Å². The SMILES string of the molecule is CCOC(=O)C1=C(N)Oc2n[nH]c(C)c2[C@]12C(=O)Nc1ccc(Br)cc12. The minimum absolute atomic E-state index is 0.0503. The zero-order valence-corrected chi connectivity index (χ0v) is 15.6. The number of rotatable bonds is 2. The number of aromatic amines is 1. The summed E-state index contributed by atoms with van der Waals surface area (Å²) in [5.74, 6) is -1.16. The van der Waals surface area contributed by atoms with Gasteiger partial charge in [-0.05, 0) is 32.0 Å². The van der Waals surface area contributed by atoms with Crippen molar-refractivity contribution >= 4 is 33.5 Å². The number of anilines is 1. The summed E-state index contributed by atoms with van der Waals surface area (Å²) in [5.41, 5.74) is 6.71. The molecule has 0 bridgehead atoms. The van der Waals surface area contributed by atoms with Crippen molar-refractivity contribution in [2.75, 3.05) is 11.9 Å². The molecule has 2 aliphatic heterocycles. The van der Waals surface area contributed by atoms with Gasteiger partial charge in [0.1, 0.15) is 11.0 Å². The van der Waals surface area contributed by atoms with Crippen LogP contribution in [0.2, 0.25) is 0 Å². The number of aromatic nitrogens is 2. The Balaban J connectivity index is 2.12. The van der Waals surface area contributed by atoms with E-state index in [2.05, 4.69) is 31.4 Å². The molecule has 8 nitrogen and oxygen atoms in total. The Morgan fingerprint density at radius 3 is 2.96 bits per heavy atom. The predicted molar refractivity (Wildman–Crippen MR) is 95.4 cm³/mol. The number of benzene rings is 1. The maximum atomic E-state index is 13.3. The molecule has 0 saturated heterocycles. The van der Waals surface area contributed by atoms with Gasteiger partial charge in [0, 0.05) is 21.4 Å². The van der Waals surface area contributed by atoms with Crippen LogP contribution in [0, 0.1) is 6.92 Å². The highest BCUT2D eigenvalue weighted by Crippen LogP contribution is 2.54. The highest BCUT2D eigenvalue weighted by Gasteiger charge is 2.60. The molecule has 0 fully saturated rings. The van der Waals surface area contributed by atoms with Gasteiger partial charge in [-0.3, -0.25) is 9.89 Å². The first-order chi connectivity index (χ1) is 12.4. The van der Waals surface area contributed by atoms with Crippen molar-refractivity contribution in [2.45, 2.75) is 19.3 Å². The number of hydrogen-bond acceptors (Lipinski definition) is 6. The molecule has 4 N–H and O–H groups in total. The first-order valence-electron chi connectivity index (χ1n) is 7.93. The van der Waals surface area contributed by atoms with E-state index < -0.39 is 17.3 Å². The van der Waals surface area contributed by atoms with E-state index in [1.165, 1.54) is 0 Å². The third kappa shape index (κ3) is 1.97. The molecule has 1 aromatic carbocycles.